The molecule has 1 saturated heterocycles. The maximum Gasteiger partial charge on any atom is 0.260 e. The van der Waals surface area contributed by atoms with Crippen molar-refractivity contribution in [3.8, 4) is 11.6 Å². The number of hydrogen-bond donors (Lipinski definition) is 0. The summed E-state index contributed by atoms with van der Waals surface area (Å²) < 4.78 is 25.6. The highest BCUT2D eigenvalue weighted by atomic mass is 19.1. The number of aryl methyl sites for hydroxylation is 1. The van der Waals surface area contributed by atoms with Gasteiger partial charge >= 0.3 is 0 Å². The Hall–Kier alpha value is -3.23. The van der Waals surface area contributed by atoms with Crippen molar-refractivity contribution in [3.63, 3.8) is 0 Å². The highest BCUT2D eigenvalue weighted by Crippen LogP contribution is 2.19. The smallest absolute Gasteiger partial charge is 0.260 e. The fourth-order valence-corrected chi connectivity index (χ4v) is 2.64. The molecule has 0 atom stereocenters. The Morgan fingerprint density at radius 3 is 2.85 bits per heavy atom. The van der Waals surface area contributed by atoms with Gasteiger partial charge in [0.1, 0.15) is 24.0 Å². The van der Waals surface area contributed by atoms with E-state index >= 15 is 0 Å². The van der Waals surface area contributed by atoms with Crippen molar-refractivity contribution in [2.24, 2.45) is 0 Å². The Morgan fingerprint density at radius 1 is 1.31 bits per heavy atom. The largest absolute Gasteiger partial charge is 0.484 e. The second-order valence-electron chi connectivity index (χ2n) is 5.99. The van der Waals surface area contributed by atoms with Crippen LogP contribution in [0.25, 0.3) is 5.78 Å². The number of ether oxygens (including phenoxy) is 2. The molecule has 0 aliphatic carbocycles. The summed E-state index contributed by atoms with van der Waals surface area (Å²) >= 11 is 0. The molecule has 2 aromatic heterocycles. The third-order valence-electron chi connectivity index (χ3n) is 4.01. The van der Waals surface area contributed by atoms with Gasteiger partial charge in [-0.05, 0) is 31.2 Å². The minimum atomic E-state index is -0.348. The fourth-order valence-electron chi connectivity index (χ4n) is 2.64. The second-order valence-corrected chi connectivity index (χ2v) is 5.99. The van der Waals surface area contributed by atoms with E-state index in [4.69, 9.17) is 9.47 Å². The topological polar surface area (TPSA) is 81.8 Å². The van der Waals surface area contributed by atoms with Crippen LogP contribution in [0.3, 0.4) is 0 Å². The zero-order chi connectivity index (χ0) is 18.1. The predicted molar refractivity (Wildman–Crippen MR) is 88.4 cm³/mol. The monoisotopic (exact) mass is 357 g/mol. The molecule has 0 radical (unpaired) electrons. The van der Waals surface area contributed by atoms with E-state index < -0.39 is 0 Å². The summed E-state index contributed by atoms with van der Waals surface area (Å²) in [4.78, 5) is 22.1. The maximum atomic E-state index is 12.8. The maximum absolute atomic E-state index is 12.8. The first-order chi connectivity index (χ1) is 12.6. The molecule has 0 saturated carbocycles. The average Bonchev–Trinajstić information content (AvgIpc) is 3.05. The van der Waals surface area contributed by atoms with Gasteiger partial charge in [-0.15, -0.1) is 0 Å². The standard InChI is InChI=1S/C17H16FN5O3/c1-11-6-16(23-17(21-11)19-10-20-23)26-14-7-22(8-14)15(24)9-25-13-4-2-12(18)3-5-13/h2-6,10,14H,7-9H2,1H3. The van der Waals surface area contributed by atoms with Gasteiger partial charge in [-0.3, -0.25) is 4.79 Å². The van der Waals surface area contributed by atoms with Crippen LogP contribution in [0, 0.1) is 12.7 Å². The summed E-state index contributed by atoms with van der Waals surface area (Å²) in [6, 6.07) is 7.33. The summed E-state index contributed by atoms with van der Waals surface area (Å²) in [5, 5.41) is 4.09. The molecule has 1 fully saturated rings. The fraction of sp³-hybridized carbons (Fsp3) is 0.294. The molecule has 0 N–H and O–H groups in total. The van der Waals surface area contributed by atoms with E-state index in [0.717, 1.165) is 5.69 Å². The first-order valence-corrected chi connectivity index (χ1v) is 8.08. The van der Waals surface area contributed by atoms with E-state index in [1.54, 1.807) is 11.0 Å². The van der Waals surface area contributed by atoms with Crippen LogP contribution >= 0.6 is 0 Å². The van der Waals surface area contributed by atoms with E-state index in [9.17, 15) is 9.18 Å². The zero-order valence-corrected chi connectivity index (χ0v) is 14.0. The van der Waals surface area contributed by atoms with Crippen LogP contribution in [-0.2, 0) is 4.79 Å². The van der Waals surface area contributed by atoms with Crippen molar-refractivity contribution in [2.45, 2.75) is 13.0 Å². The number of hydrogen-bond acceptors (Lipinski definition) is 6. The third kappa shape index (κ3) is 3.28. The number of aromatic nitrogens is 4. The lowest BCUT2D eigenvalue weighted by molar-refractivity contribution is -0.142. The number of rotatable bonds is 5. The molecule has 0 spiro atoms. The molecule has 1 aliphatic rings. The Balaban J connectivity index is 1.30. The van der Waals surface area contributed by atoms with Crippen LogP contribution in [0.5, 0.6) is 11.6 Å². The van der Waals surface area contributed by atoms with Gasteiger partial charge in [-0.1, -0.05) is 0 Å². The van der Waals surface area contributed by atoms with Gasteiger partial charge in [-0.25, -0.2) is 9.37 Å². The van der Waals surface area contributed by atoms with Crippen LogP contribution in [-0.4, -0.2) is 56.2 Å². The predicted octanol–water partition coefficient (Wildman–Crippen LogP) is 1.24. The van der Waals surface area contributed by atoms with Gasteiger partial charge in [0.25, 0.3) is 11.7 Å². The Kier molecular flexibility index (Phi) is 4.11. The average molecular weight is 357 g/mol. The van der Waals surface area contributed by atoms with E-state index in [1.165, 1.54) is 35.1 Å². The summed E-state index contributed by atoms with van der Waals surface area (Å²) in [5.74, 6) is 0.976. The first-order valence-electron chi connectivity index (χ1n) is 8.08. The van der Waals surface area contributed by atoms with Crippen molar-refractivity contribution in [2.75, 3.05) is 19.7 Å². The summed E-state index contributed by atoms with van der Waals surface area (Å²) in [6.07, 6.45) is 1.29. The quantitative estimate of drug-likeness (QED) is 0.683. The molecule has 9 heteroatoms. The van der Waals surface area contributed by atoms with Crippen LogP contribution < -0.4 is 9.47 Å². The molecular weight excluding hydrogens is 341 g/mol. The van der Waals surface area contributed by atoms with Crippen molar-refractivity contribution in [1.82, 2.24) is 24.5 Å². The molecular formula is C17H16FN5O3. The molecule has 26 heavy (non-hydrogen) atoms. The molecule has 0 unspecified atom stereocenters. The lowest BCUT2D eigenvalue weighted by atomic mass is 10.1. The molecule has 0 bridgehead atoms. The number of nitrogens with zero attached hydrogens (tertiary/aromatic N) is 5. The van der Waals surface area contributed by atoms with E-state index in [2.05, 4.69) is 15.1 Å². The van der Waals surface area contributed by atoms with Gasteiger partial charge < -0.3 is 14.4 Å². The normalized spacial score (nSPS) is 14.3. The molecule has 3 aromatic rings. The van der Waals surface area contributed by atoms with Gasteiger partial charge in [-0.2, -0.15) is 14.6 Å². The molecule has 4 rings (SSSR count). The van der Waals surface area contributed by atoms with Gasteiger partial charge in [0, 0.05) is 11.8 Å². The van der Waals surface area contributed by atoms with Gasteiger partial charge in [0.15, 0.2) is 6.61 Å². The Labute approximate surface area is 148 Å². The molecule has 1 aromatic carbocycles. The lowest BCUT2D eigenvalue weighted by Gasteiger charge is -2.38. The SMILES string of the molecule is Cc1cc(OC2CN(C(=O)COc3ccc(F)cc3)C2)n2ncnc2n1. The van der Waals surface area contributed by atoms with Crippen molar-refractivity contribution in [1.29, 1.82) is 0 Å². The zero-order valence-electron chi connectivity index (χ0n) is 14.0. The molecule has 1 amide bonds. The van der Waals surface area contributed by atoms with Gasteiger partial charge in [0.05, 0.1) is 13.1 Å². The molecule has 1 aliphatic heterocycles. The lowest BCUT2D eigenvalue weighted by Crippen LogP contribution is -2.57. The van der Waals surface area contributed by atoms with Crippen molar-refractivity contribution < 1.29 is 18.7 Å². The van der Waals surface area contributed by atoms with Crippen LogP contribution in [0.15, 0.2) is 36.7 Å². The van der Waals surface area contributed by atoms with E-state index in [1.807, 2.05) is 6.92 Å². The van der Waals surface area contributed by atoms with Gasteiger partial charge in [0.2, 0.25) is 5.88 Å². The number of halogens is 1. The Morgan fingerprint density at radius 2 is 2.08 bits per heavy atom. The summed E-state index contributed by atoms with van der Waals surface area (Å²) in [5.41, 5.74) is 0.778. The number of carbonyl (C=O) groups is 1. The Bertz CT molecular complexity index is 937. The van der Waals surface area contributed by atoms with Crippen LogP contribution in [0.4, 0.5) is 4.39 Å². The minimum Gasteiger partial charge on any atom is -0.484 e. The first kappa shape index (κ1) is 16.2. The van der Waals surface area contributed by atoms with Crippen molar-refractivity contribution in [3.05, 3.63) is 48.2 Å². The number of benzene rings is 1. The second kappa shape index (κ2) is 6.58. The van der Waals surface area contributed by atoms with E-state index in [0.29, 0.717) is 30.5 Å². The van der Waals surface area contributed by atoms with Crippen LogP contribution in [0.2, 0.25) is 0 Å². The molecule has 3 heterocycles. The van der Waals surface area contributed by atoms with Crippen molar-refractivity contribution >= 4 is 11.7 Å². The summed E-state index contributed by atoms with van der Waals surface area (Å²) in [6.45, 7) is 2.68. The van der Waals surface area contributed by atoms with Crippen LogP contribution in [0.1, 0.15) is 5.69 Å². The third-order valence-corrected chi connectivity index (χ3v) is 4.01. The summed E-state index contributed by atoms with van der Waals surface area (Å²) in [7, 11) is 0. The highest BCUT2D eigenvalue weighted by molar-refractivity contribution is 5.78. The van der Waals surface area contributed by atoms with E-state index in [-0.39, 0.29) is 24.4 Å². The highest BCUT2D eigenvalue weighted by Gasteiger charge is 2.33. The number of likely N-dealkylation sites (tertiary alicyclic amines) is 1. The number of carbonyl (C=O) groups excluding carboxylic acids is 1. The minimum absolute atomic E-state index is 0.0972. The number of fused-ring (bicyclic) bond motifs is 1. The molecule has 134 valence electrons. The number of amides is 1. The molecule has 8 nitrogen and oxygen atoms in total.